The van der Waals surface area contributed by atoms with E-state index in [0.29, 0.717) is 17.0 Å². The molecule has 174 valence electrons. The summed E-state index contributed by atoms with van der Waals surface area (Å²) in [6.07, 6.45) is 6.55. The molecule has 2 aliphatic rings. The number of dihydropyridines is 1. The van der Waals surface area contributed by atoms with E-state index >= 15 is 0 Å². The van der Waals surface area contributed by atoms with Crippen LogP contribution in [0.25, 0.3) is 5.76 Å². The minimum Gasteiger partial charge on any atom is -0.627 e. The molecule has 0 N–H and O–H groups in total. The maximum atomic E-state index is 14.3. The topological polar surface area (TPSA) is 33.8 Å². The second-order valence-corrected chi connectivity index (χ2v) is 8.43. The molecule has 0 unspecified atom stereocenters. The third kappa shape index (κ3) is 4.99. The lowest BCUT2D eigenvalue weighted by molar-refractivity contribution is 0.172. The van der Waals surface area contributed by atoms with Gasteiger partial charge in [-0.1, -0.05) is 54.6 Å². The Morgan fingerprint density at radius 3 is 2.00 bits per heavy atom. The molecule has 0 saturated heterocycles. The number of amidine groups is 1. The number of allylic oxidation sites excluding steroid dienone is 3. The molecule has 7 heteroatoms. The maximum absolute atomic E-state index is 14.3. The van der Waals surface area contributed by atoms with E-state index in [0.717, 1.165) is 22.5 Å². The van der Waals surface area contributed by atoms with Gasteiger partial charge in [0.2, 0.25) is 0 Å². The molecule has 0 bridgehead atoms. The summed E-state index contributed by atoms with van der Waals surface area (Å²) in [5, 5.41) is 0. The highest BCUT2D eigenvalue weighted by Crippen LogP contribution is 2.33. The van der Waals surface area contributed by atoms with Gasteiger partial charge in [-0.15, -0.1) is 0 Å². The summed E-state index contributed by atoms with van der Waals surface area (Å²) in [7, 11) is -4.50. The number of hydrogen-bond acceptors (Lipinski definition) is 2. The molecular formula is C28H23BF2N2O2. The third-order valence-electron chi connectivity index (χ3n) is 5.63. The van der Waals surface area contributed by atoms with Crippen LogP contribution in [0, 0.1) is 13.8 Å². The Labute approximate surface area is 202 Å². The summed E-state index contributed by atoms with van der Waals surface area (Å²) in [6, 6.07) is 25.0. The third-order valence-corrected chi connectivity index (χ3v) is 5.63. The summed E-state index contributed by atoms with van der Waals surface area (Å²) in [5.41, 5.74) is 5.11. The smallest absolute Gasteiger partial charge is 0.627 e. The summed E-state index contributed by atoms with van der Waals surface area (Å²) in [6.45, 7) is 4.07. The van der Waals surface area contributed by atoms with E-state index in [2.05, 4.69) is 17.1 Å². The zero-order valence-electron chi connectivity index (χ0n) is 19.4. The highest BCUT2D eigenvalue weighted by Gasteiger charge is 2.38. The fourth-order valence-corrected chi connectivity index (χ4v) is 4.02. The Hall–Kier alpha value is -4.26. The van der Waals surface area contributed by atoms with E-state index in [-0.39, 0.29) is 11.5 Å². The van der Waals surface area contributed by atoms with Crippen LogP contribution in [0.1, 0.15) is 16.7 Å². The predicted octanol–water partition coefficient (Wildman–Crippen LogP) is 6.89. The molecule has 0 aliphatic carbocycles. The predicted molar refractivity (Wildman–Crippen MR) is 138 cm³/mol. The molecule has 0 fully saturated rings. The van der Waals surface area contributed by atoms with Crippen LogP contribution in [0.2, 0.25) is 0 Å². The second kappa shape index (κ2) is 9.18. The van der Waals surface area contributed by atoms with Crippen molar-refractivity contribution in [2.45, 2.75) is 13.8 Å². The quantitative estimate of drug-likeness (QED) is 0.310. The standard InChI is InChI=1S/C28H23BF2N2O2/c1-20-8-6-12-24(16-20)33(25-13-7-9-21(2)17-25)28-15-14-23(19-32-28)27-18-26(34-29(30,31)35-27)22-10-4-3-5-11-22/h3-19H,1-2H3/b27-23+. The molecular weight excluding hydrogens is 445 g/mol. The molecule has 0 amide bonds. The van der Waals surface area contributed by atoms with E-state index in [9.17, 15) is 8.63 Å². The fraction of sp³-hybridized carbons (Fsp3) is 0.0714. The van der Waals surface area contributed by atoms with Crippen molar-refractivity contribution in [2.75, 3.05) is 0 Å². The summed E-state index contributed by atoms with van der Waals surface area (Å²) < 4.78 is 40.4. The Morgan fingerprint density at radius 2 is 1.43 bits per heavy atom. The second-order valence-electron chi connectivity index (χ2n) is 8.43. The lowest BCUT2D eigenvalue weighted by Gasteiger charge is -2.35. The first-order valence-electron chi connectivity index (χ1n) is 11.3. The van der Waals surface area contributed by atoms with Crippen molar-refractivity contribution in [2.24, 2.45) is 4.99 Å². The number of aryl methyl sites for hydroxylation is 2. The Bertz CT molecular complexity index is 1370. The Balaban J connectivity index is 1.59. The van der Waals surface area contributed by atoms with Gasteiger partial charge in [0.1, 0.15) is 11.4 Å². The molecule has 4 nitrogen and oxygen atoms in total. The SMILES string of the molecule is Cc1cccc([N+](=C2C=C/C(=C3/C=C(c4ccccc4)O[B-](F)(F)O3)C=N2)c2cccc(C)c2)c1. The van der Waals surface area contributed by atoms with E-state index in [4.69, 9.17) is 9.31 Å². The highest BCUT2D eigenvalue weighted by atomic mass is 19.3. The van der Waals surface area contributed by atoms with Crippen molar-refractivity contribution in [3.63, 3.8) is 0 Å². The summed E-state index contributed by atoms with van der Waals surface area (Å²) in [4.78, 5) is 4.63. The summed E-state index contributed by atoms with van der Waals surface area (Å²) in [5.74, 6) is 0.723. The van der Waals surface area contributed by atoms with Gasteiger partial charge in [-0.05, 0) is 60.3 Å². The number of hydrogen-bond donors (Lipinski definition) is 0. The summed E-state index contributed by atoms with van der Waals surface area (Å²) >= 11 is 0. The van der Waals surface area contributed by atoms with Gasteiger partial charge >= 0.3 is 12.9 Å². The lowest BCUT2D eigenvalue weighted by atomic mass is 10.0. The van der Waals surface area contributed by atoms with E-state index in [1.54, 1.807) is 42.6 Å². The van der Waals surface area contributed by atoms with E-state index < -0.39 is 7.11 Å². The van der Waals surface area contributed by atoms with Crippen LogP contribution in [-0.2, 0) is 9.31 Å². The number of rotatable bonds is 3. The average molecular weight is 468 g/mol. The van der Waals surface area contributed by atoms with Crippen LogP contribution in [-0.4, -0.2) is 19.2 Å². The van der Waals surface area contributed by atoms with E-state index in [1.165, 1.54) is 6.08 Å². The molecule has 0 spiro atoms. The number of benzene rings is 3. The molecule has 0 atom stereocenters. The van der Waals surface area contributed by atoms with Crippen LogP contribution in [0.5, 0.6) is 0 Å². The minimum absolute atomic E-state index is 0.0109. The van der Waals surface area contributed by atoms with Gasteiger partial charge in [0.15, 0.2) is 6.21 Å². The van der Waals surface area contributed by atoms with Crippen molar-refractivity contribution >= 4 is 36.3 Å². The van der Waals surface area contributed by atoms with Gasteiger partial charge in [-0.3, -0.25) is 0 Å². The monoisotopic (exact) mass is 468 g/mol. The average Bonchev–Trinajstić information content (AvgIpc) is 2.84. The van der Waals surface area contributed by atoms with Crippen molar-refractivity contribution in [3.8, 4) is 0 Å². The van der Waals surface area contributed by atoms with Gasteiger partial charge in [0.05, 0.1) is 17.1 Å². The van der Waals surface area contributed by atoms with Crippen LogP contribution >= 0.6 is 0 Å². The van der Waals surface area contributed by atoms with Crippen molar-refractivity contribution in [3.05, 3.63) is 125 Å². The molecule has 3 aromatic rings. The highest BCUT2D eigenvalue weighted by molar-refractivity contribution is 6.53. The van der Waals surface area contributed by atoms with Gasteiger partial charge in [0.25, 0.3) is 0 Å². The number of aliphatic imine (C=N–C) groups is 1. The largest absolute Gasteiger partial charge is 0.725 e. The normalized spacial score (nSPS) is 18.5. The van der Waals surface area contributed by atoms with Crippen LogP contribution in [0.15, 0.2) is 113 Å². The first-order valence-corrected chi connectivity index (χ1v) is 11.3. The maximum Gasteiger partial charge on any atom is 0.725 e. The van der Waals surface area contributed by atoms with Gasteiger partial charge in [-0.25, -0.2) is 0 Å². The molecule has 5 rings (SSSR count). The molecule has 2 heterocycles. The zero-order valence-corrected chi connectivity index (χ0v) is 19.4. The van der Waals surface area contributed by atoms with Crippen molar-refractivity contribution in [1.82, 2.24) is 4.58 Å². The lowest BCUT2D eigenvalue weighted by Crippen LogP contribution is -2.34. The Morgan fingerprint density at radius 1 is 0.771 bits per heavy atom. The number of halogens is 2. The molecule has 0 saturated carbocycles. The molecule has 0 aromatic heterocycles. The van der Waals surface area contributed by atoms with Gasteiger partial charge in [0, 0.05) is 17.7 Å². The van der Waals surface area contributed by atoms with Gasteiger partial charge in [-0.2, -0.15) is 4.58 Å². The number of nitrogens with zero attached hydrogens (tertiary/aromatic N) is 2. The minimum atomic E-state index is -4.50. The molecule has 3 aromatic carbocycles. The van der Waals surface area contributed by atoms with Crippen LogP contribution in [0.4, 0.5) is 20.0 Å². The van der Waals surface area contributed by atoms with Crippen molar-refractivity contribution < 1.29 is 17.9 Å². The zero-order chi connectivity index (χ0) is 24.4. The van der Waals surface area contributed by atoms with Crippen LogP contribution < -0.4 is 4.58 Å². The molecule has 0 radical (unpaired) electrons. The molecule has 2 aliphatic heterocycles. The Kier molecular flexibility index (Phi) is 5.91. The van der Waals surface area contributed by atoms with Gasteiger partial charge < -0.3 is 17.9 Å². The first kappa shape index (κ1) is 22.5. The van der Waals surface area contributed by atoms with Crippen molar-refractivity contribution in [1.29, 1.82) is 0 Å². The van der Waals surface area contributed by atoms with Crippen LogP contribution in [0.3, 0.4) is 0 Å². The van der Waals surface area contributed by atoms with E-state index in [1.807, 2.05) is 60.9 Å². The first-order chi connectivity index (χ1) is 16.9. The molecule has 35 heavy (non-hydrogen) atoms. The fourth-order valence-electron chi connectivity index (χ4n) is 4.02.